The van der Waals surface area contributed by atoms with E-state index in [1.807, 2.05) is 48.5 Å². The van der Waals surface area contributed by atoms with E-state index in [2.05, 4.69) is 15.9 Å². The minimum Gasteiger partial charge on any atom is -0.493 e. The number of benzene rings is 3. The predicted molar refractivity (Wildman–Crippen MR) is 115 cm³/mol. The molecular weight excluding hydrogens is 436 g/mol. The van der Waals surface area contributed by atoms with Crippen molar-refractivity contribution in [3.8, 4) is 34.3 Å². The summed E-state index contributed by atoms with van der Waals surface area (Å²) in [4.78, 5) is 12.7. The van der Waals surface area contributed by atoms with Crippen molar-refractivity contribution in [1.29, 1.82) is 0 Å². The van der Waals surface area contributed by atoms with Crippen LogP contribution in [0.5, 0.6) is 23.0 Å². The molecule has 0 amide bonds. The third-order valence-corrected chi connectivity index (χ3v) is 4.94. The monoisotopic (exact) mass is 452 g/mol. The summed E-state index contributed by atoms with van der Waals surface area (Å²) in [5.41, 5.74) is 0.182. The molecule has 146 valence electrons. The average Bonchev–Trinajstić information content (AvgIpc) is 2.74. The fourth-order valence-corrected chi connectivity index (χ4v) is 3.41. The number of hydrogen-bond acceptors (Lipinski definition) is 5. The maximum absolute atomic E-state index is 12.7. The second-order valence-corrected chi connectivity index (χ2v) is 7.16. The molecule has 29 heavy (non-hydrogen) atoms. The van der Waals surface area contributed by atoms with Gasteiger partial charge >= 0.3 is 5.63 Å². The number of hydrogen-bond donors (Lipinski definition) is 0. The molecule has 0 fully saturated rings. The number of rotatable bonds is 5. The molecule has 5 nitrogen and oxygen atoms in total. The maximum atomic E-state index is 12.7. The Balaban J connectivity index is 1.88. The van der Waals surface area contributed by atoms with Gasteiger partial charge in [-0.3, -0.25) is 0 Å². The maximum Gasteiger partial charge on any atom is 0.344 e. The summed E-state index contributed by atoms with van der Waals surface area (Å²) in [5.74, 6) is 2.65. The van der Waals surface area contributed by atoms with Gasteiger partial charge in [-0.15, -0.1) is 0 Å². The molecule has 3 aromatic carbocycles. The zero-order chi connectivity index (χ0) is 20.4. The van der Waals surface area contributed by atoms with Gasteiger partial charge < -0.3 is 18.6 Å². The van der Waals surface area contributed by atoms with Crippen LogP contribution in [0.1, 0.15) is 0 Å². The molecule has 1 heterocycles. The van der Waals surface area contributed by atoms with Crippen LogP contribution in [0.2, 0.25) is 0 Å². The van der Waals surface area contributed by atoms with Gasteiger partial charge in [0.2, 0.25) is 0 Å². The summed E-state index contributed by atoms with van der Waals surface area (Å²) in [6.07, 6.45) is 0. The number of ether oxygens (including phenoxy) is 3. The van der Waals surface area contributed by atoms with Crippen molar-refractivity contribution in [2.45, 2.75) is 0 Å². The van der Waals surface area contributed by atoms with Crippen molar-refractivity contribution in [2.24, 2.45) is 0 Å². The molecule has 0 saturated heterocycles. The van der Waals surface area contributed by atoms with E-state index in [1.54, 1.807) is 25.3 Å². The average molecular weight is 453 g/mol. The van der Waals surface area contributed by atoms with Crippen LogP contribution in [-0.4, -0.2) is 14.2 Å². The van der Waals surface area contributed by atoms with Crippen LogP contribution in [-0.2, 0) is 0 Å². The van der Waals surface area contributed by atoms with E-state index in [0.717, 1.165) is 4.47 Å². The topological polar surface area (TPSA) is 57.9 Å². The quantitative estimate of drug-likeness (QED) is 0.369. The Bertz CT molecular complexity index is 1230. The van der Waals surface area contributed by atoms with Crippen LogP contribution in [0, 0.1) is 0 Å². The van der Waals surface area contributed by atoms with Gasteiger partial charge in [-0.1, -0.05) is 34.1 Å². The summed E-state index contributed by atoms with van der Waals surface area (Å²) < 4.78 is 23.1. The summed E-state index contributed by atoms with van der Waals surface area (Å²) in [6, 6.07) is 20.1. The Hall–Kier alpha value is -3.25. The first kappa shape index (κ1) is 19.1. The van der Waals surface area contributed by atoms with E-state index >= 15 is 0 Å². The van der Waals surface area contributed by atoms with E-state index in [-0.39, 0.29) is 0 Å². The standard InChI is InChI=1S/C23H17BrO5/c1-26-21-11-14-10-20(29-23(25)17(14)13-22(21)27-2)18-12-15(24)8-9-19(18)28-16-6-4-3-5-7-16/h3-13H,1-2H3. The first-order chi connectivity index (χ1) is 14.1. The molecule has 0 spiro atoms. The van der Waals surface area contributed by atoms with Gasteiger partial charge in [0.05, 0.1) is 25.2 Å². The first-order valence-electron chi connectivity index (χ1n) is 8.82. The fourth-order valence-electron chi connectivity index (χ4n) is 3.05. The Labute approximate surface area is 175 Å². The van der Waals surface area contributed by atoms with Gasteiger partial charge in [0.1, 0.15) is 17.3 Å². The fraction of sp³-hybridized carbons (Fsp3) is 0.0870. The number of para-hydroxylation sites is 1. The molecule has 0 aliphatic carbocycles. The summed E-state index contributed by atoms with van der Waals surface area (Å²) in [7, 11) is 3.07. The Kier molecular flexibility index (Phi) is 5.27. The van der Waals surface area contributed by atoms with Crippen LogP contribution >= 0.6 is 15.9 Å². The van der Waals surface area contributed by atoms with Crippen molar-refractivity contribution in [2.75, 3.05) is 14.2 Å². The van der Waals surface area contributed by atoms with Gasteiger partial charge in [0.15, 0.2) is 11.5 Å². The number of fused-ring (bicyclic) bond motifs is 1. The molecule has 1 aromatic heterocycles. The molecule has 0 aliphatic rings. The molecule has 0 radical (unpaired) electrons. The van der Waals surface area contributed by atoms with E-state index < -0.39 is 5.63 Å². The van der Waals surface area contributed by atoms with Crippen molar-refractivity contribution in [3.63, 3.8) is 0 Å². The Morgan fingerprint density at radius 2 is 1.55 bits per heavy atom. The SMILES string of the molecule is COc1cc2cc(-c3cc(Br)ccc3Oc3ccccc3)oc(=O)c2cc1OC. The highest BCUT2D eigenvalue weighted by Gasteiger charge is 2.16. The second-order valence-electron chi connectivity index (χ2n) is 6.25. The molecule has 0 bridgehead atoms. The zero-order valence-electron chi connectivity index (χ0n) is 15.8. The van der Waals surface area contributed by atoms with Crippen LogP contribution in [0.15, 0.2) is 80.4 Å². The Morgan fingerprint density at radius 3 is 2.28 bits per heavy atom. The van der Waals surface area contributed by atoms with E-state index in [4.69, 9.17) is 18.6 Å². The van der Waals surface area contributed by atoms with Crippen molar-refractivity contribution >= 4 is 26.7 Å². The highest BCUT2D eigenvalue weighted by molar-refractivity contribution is 9.10. The van der Waals surface area contributed by atoms with Crippen molar-refractivity contribution in [3.05, 3.63) is 81.6 Å². The molecule has 4 rings (SSSR count). The third-order valence-electron chi connectivity index (χ3n) is 4.44. The first-order valence-corrected chi connectivity index (χ1v) is 9.61. The van der Waals surface area contributed by atoms with Gasteiger partial charge in [-0.05, 0) is 53.9 Å². The summed E-state index contributed by atoms with van der Waals surface area (Å²) in [5, 5.41) is 1.09. The van der Waals surface area contributed by atoms with Crippen LogP contribution in [0.4, 0.5) is 0 Å². The number of halogens is 1. The molecule has 6 heteroatoms. The van der Waals surface area contributed by atoms with Crippen LogP contribution < -0.4 is 19.8 Å². The minimum atomic E-state index is -0.468. The molecule has 0 saturated carbocycles. The summed E-state index contributed by atoms with van der Waals surface area (Å²) >= 11 is 3.48. The highest BCUT2D eigenvalue weighted by atomic mass is 79.9. The van der Waals surface area contributed by atoms with E-state index in [1.165, 1.54) is 7.11 Å². The lowest BCUT2D eigenvalue weighted by molar-refractivity contribution is 0.355. The predicted octanol–water partition coefficient (Wildman–Crippen LogP) is 6.03. The zero-order valence-corrected chi connectivity index (χ0v) is 17.4. The van der Waals surface area contributed by atoms with Crippen LogP contribution in [0.3, 0.4) is 0 Å². The lowest BCUT2D eigenvalue weighted by Crippen LogP contribution is -2.02. The molecule has 0 N–H and O–H groups in total. The molecular formula is C23H17BrO5. The highest BCUT2D eigenvalue weighted by Crippen LogP contribution is 2.37. The molecule has 4 aromatic rings. The Morgan fingerprint density at radius 1 is 0.828 bits per heavy atom. The van der Waals surface area contributed by atoms with Crippen molar-refractivity contribution in [1.82, 2.24) is 0 Å². The van der Waals surface area contributed by atoms with E-state index in [0.29, 0.717) is 45.1 Å². The van der Waals surface area contributed by atoms with Gasteiger partial charge in [-0.2, -0.15) is 0 Å². The van der Waals surface area contributed by atoms with Gasteiger partial charge in [0, 0.05) is 4.47 Å². The largest absolute Gasteiger partial charge is 0.493 e. The van der Waals surface area contributed by atoms with Crippen molar-refractivity contribution < 1.29 is 18.6 Å². The molecule has 0 unspecified atom stereocenters. The van der Waals surface area contributed by atoms with Crippen LogP contribution in [0.25, 0.3) is 22.1 Å². The second kappa shape index (κ2) is 8.01. The lowest BCUT2D eigenvalue weighted by Gasteiger charge is -2.12. The minimum absolute atomic E-state index is 0.391. The van der Waals surface area contributed by atoms with Gasteiger partial charge in [0.25, 0.3) is 0 Å². The summed E-state index contributed by atoms with van der Waals surface area (Å²) in [6.45, 7) is 0. The number of methoxy groups -OCH3 is 2. The third kappa shape index (κ3) is 3.84. The molecule has 0 aliphatic heterocycles. The molecule has 0 atom stereocenters. The van der Waals surface area contributed by atoms with Gasteiger partial charge in [-0.25, -0.2) is 4.79 Å². The van der Waals surface area contributed by atoms with E-state index in [9.17, 15) is 4.79 Å². The normalized spacial score (nSPS) is 10.7. The lowest BCUT2D eigenvalue weighted by atomic mass is 10.1. The smallest absolute Gasteiger partial charge is 0.344 e.